The highest BCUT2D eigenvalue weighted by Crippen LogP contribution is 2.11. The first-order valence-electron chi connectivity index (χ1n) is 8.49. The Hall–Kier alpha value is -0.0900. The zero-order valence-electron chi connectivity index (χ0n) is 13.8. The van der Waals surface area contributed by atoms with Gasteiger partial charge in [-0.15, -0.1) is 0 Å². The molecular formula is C16H35NO2S. The third-order valence-electron chi connectivity index (χ3n) is 3.79. The summed E-state index contributed by atoms with van der Waals surface area (Å²) in [5.74, 6) is 0.626. The fourth-order valence-corrected chi connectivity index (χ4v) is 3.28. The van der Waals surface area contributed by atoms with Gasteiger partial charge in [0.2, 0.25) is 0 Å². The van der Waals surface area contributed by atoms with Gasteiger partial charge in [0.05, 0.1) is 5.75 Å². The predicted octanol–water partition coefficient (Wildman–Crippen LogP) is 3.93. The summed E-state index contributed by atoms with van der Waals surface area (Å²) >= 11 is 0. The highest BCUT2D eigenvalue weighted by molar-refractivity contribution is 7.91. The van der Waals surface area contributed by atoms with Crippen LogP contribution in [-0.4, -0.2) is 32.5 Å². The van der Waals surface area contributed by atoms with E-state index < -0.39 is 9.84 Å². The molecule has 4 heteroatoms. The van der Waals surface area contributed by atoms with E-state index in [0.29, 0.717) is 11.8 Å². The van der Waals surface area contributed by atoms with Crippen molar-refractivity contribution >= 4 is 9.84 Å². The number of rotatable bonds is 14. The highest BCUT2D eigenvalue weighted by Gasteiger charge is 2.11. The van der Waals surface area contributed by atoms with Crippen molar-refractivity contribution in [2.24, 2.45) is 0 Å². The van der Waals surface area contributed by atoms with E-state index in [1.807, 2.05) is 0 Å². The van der Waals surface area contributed by atoms with E-state index in [1.54, 1.807) is 6.92 Å². The van der Waals surface area contributed by atoms with E-state index in [4.69, 9.17) is 0 Å². The van der Waals surface area contributed by atoms with Gasteiger partial charge in [0.15, 0.2) is 0 Å². The average molecular weight is 306 g/mol. The lowest BCUT2D eigenvalue weighted by molar-refractivity contribution is 0.427. The first kappa shape index (κ1) is 19.9. The molecule has 3 nitrogen and oxygen atoms in total. The molecule has 0 heterocycles. The average Bonchev–Trinajstić information content (AvgIpc) is 2.43. The maximum atomic E-state index is 11.5. The van der Waals surface area contributed by atoms with Crippen LogP contribution in [0.15, 0.2) is 0 Å². The van der Waals surface area contributed by atoms with Gasteiger partial charge in [-0.1, -0.05) is 52.9 Å². The second kappa shape index (κ2) is 12.6. The first-order valence-corrected chi connectivity index (χ1v) is 10.3. The van der Waals surface area contributed by atoms with Crippen molar-refractivity contribution in [3.05, 3.63) is 0 Å². The molecule has 0 spiro atoms. The Morgan fingerprint density at radius 2 is 1.50 bits per heavy atom. The van der Waals surface area contributed by atoms with Crippen LogP contribution in [0.4, 0.5) is 0 Å². The van der Waals surface area contributed by atoms with Crippen LogP contribution in [0.1, 0.15) is 78.6 Å². The van der Waals surface area contributed by atoms with Crippen molar-refractivity contribution in [3.8, 4) is 0 Å². The molecule has 1 N–H and O–H groups in total. The molecule has 0 aliphatic heterocycles. The van der Waals surface area contributed by atoms with Gasteiger partial charge in [-0.25, -0.2) is 8.42 Å². The normalized spacial score (nSPS) is 13.6. The van der Waals surface area contributed by atoms with E-state index in [0.717, 1.165) is 25.8 Å². The summed E-state index contributed by atoms with van der Waals surface area (Å²) in [4.78, 5) is 0. The molecule has 0 aliphatic carbocycles. The van der Waals surface area contributed by atoms with Gasteiger partial charge in [0, 0.05) is 11.8 Å². The fourth-order valence-electron chi connectivity index (χ4n) is 2.39. The van der Waals surface area contributed by atoms with Gasteiger partial charge in [-0.2, -0.15) is 0 Å². The molecule has 1 atom stereocenters. The van der Waals surface area contributed by atoms with Crippen LogP contribution in [0.2, 0.25) is 0 Å². The molecule has 0 amide bonds. The predicted molar refractivity (Wildman–Crippen MR) is 89.0 cm³/mol. The molecule has 0 aromatic rings. The monoisotopic (exact) mass is 305 g/mol. The Morgan fingerprint density at radius 3 is 2.10 bits per heavy atom. The van der Waals surface area contributed by atoms with Crippen molar-refractivity contribution in [1.29, 1.82) is 0 Å². The molecular weight excluding hydrogens is 270 g/mol. The number of unbranched alkanes of at least 4 members (excludes halogenated alkanes) is 4. The molecule has 1 unspecified atom stereocenters. The molecule has 0 rings (SSSR count). The van der Waals surface area contributed by atoms with Crippen molar-refractivity contribution in [2.45, 2.75) is 84.6 Å². The molecule has 0 saturated carbocycles. The van der Waals surface area contributed by atoms with Crippen LogP contribution in [-0.2, 0) is 9.84 Å². The topological polar surface area (TPSA) is 46.2 Å². The number of nitrogens with one attached hydrogen (secondary N) is 1. The van der Waals surface area contributed by atoms with Crippen LogP contribution in [0.5, 0.6) is 0 Å². The van der Waals surface area contributed by atoms with Crippen LogP contribution >= 0.6 is 0 Å². The largest absolute Gasteiger partial charge is 0.314 e. The molecule has 0 fully saturated rings. The molecule has 0 radical (unpaired) electrons. The Morgan fingerprint density at radius 1 is 0.850 bits per heavy atom. The minimum Gasteiger partial charge on any atom is -0.314 e. The minimum absolute atomic E-state index is 0.275. The number of sulfone groups is 1. The standard InChI is InChI=1S/C16H35NO2S/c1-4-7-8-9-10-12-16(17-14-5-2)13-11-15-20(18,19)6-3/h16-17H,4-15H2,1-3H3. The van der Waals surface area contributed by atoms with E-state index in [-0.39, 0.29) is 5.75 Å². The van der Waals surface area contributed by atoms with Crippen LogP contribution in [0.25, 0.3) is 0 Å². The Kier molecular flexibility index (Phi) is 12.6. The zero-order valence-corrected chi connectivity index (χ0v) is 14.6. The van der Waals surface area contributed by atoms with Crippen molar-refractivity contribution < 1.29 is 8.42 Å². The molecule has 0 saturated heterocycles. The summed E-state index contributed by atoms with van der Waals surface area (Å²) in [6.45, 7) is 7.18. The van der Waals surface area contributed by atoms with Gasteiger partial charge in [0.1, 0.15) is 9.84 Å². The third-order valence-corrected chi connectivity index (χ3v) is 5.58. The smallest absolute Gasteiger partial charge is 0.150 e. The van der Waals surface area contributed by atoms with Gasteiger partial charge in [-0.05, 0) is 32.2 Å². The quantitative estimate of drug-likeness (QED) is 0.495. The summed E-state index contributed by atoms with van der Waals surface area (Å²) in [7, 11) is -2.80. The van der Waals surface area contributed by atoms with E-state index in [9.17, 15) is 8.42 Å². The summed E-state index contributed by atoms with van der Waals surface area (Å²) in [6.07, 6.45) is 10.7. The molecule has 122 valence electrons. The van der Waals surface area contributed by atoms with Gasteiger partial charge >= 0.3 is 0 Å². The molecule has 0 aliphatic rings. The first-order chi connectivity index (χ1) is 9.55. The Labute approximate surface area is 126 Å². The maximum Gasteiger partial charge on any atom is 0.150 e. The lowest BCUT2D eigenvalue weighted by atomic mass is 10.0. The Balaban J connectivity index is 3.89. The van der Waals surface area contributed by atoms with Crippen LogP contribution in [0.3, 0.4) is 0 Å². The minimum atomic E-state index is -2.80. The molecule has 20 heavy (non-hydrogen) atoms. The lowest BCUT2D eigenvalue weighted by Crippen LogP contribution is -2.30. The van der Waals surface area contributed by atoms with E-state index >= 15 is 0 Å². The number of hydrogen-bond donors (Lipinski definition) is 1. The van der Waals surface area contributed by atoms with Crippen LogP contribution in [0, 0.1) is 0 Å². The van der Waals surface area contributed by atoms with Crippen molar-refractivity contribution in [3.63, 3.8) is 0 Å². The second-order valence-electron chi connectivity index (χ2n) is 5.73. The maximum absolute atomic E-state index is 11.5. The molecule has 0 aromatic carbocycles. The zero-order chi connectivity index (χ0) is 15.3. The van der Waals surface area contributed by atoms with Crippen molar-refractivity contribution in [2.75, 3.05) is 18.1 Å². The van der Waals surface area contributed by atoms with E-state index in [1.165, 1.54) is 38.5 Å². The summed E-state index contributed by atoms with van der Waals surface area (Å²) in [6, 6.07) is 0.503. The fraction of sp³-hybridized carbons (Fsp3) is 1.00. The van der Waals surface area contributed by atoms with Crippen molar-refractivity contribution in [1.82, 2.24) is 5.32 Å². The van der Waals surface area contributed by atoms with Gasteiger partial charge in [-0.3, -0.25) is 0 Å². The number of hydrogen-bond acceptors (Lipinski definition) is 3. The highest BCUT2D eigenvalue weighted by atomic mass is 32.2. The summed E-state index contributed by atoms with van der Waals surface area (Å²) < 4.78 is 23.0. The summed E-state index contributed by atoms with van der Waals surface area (Å²) in [5, 5.41) is 3.57. The van der Waals surface area contributed by atoms with Gasteiger partial charge < -0.3 is 5.32 Å². The van der Waals surface area contributed by atoms with Gasteiger partial charge in [0.25, 0.3) is 0 Å². The molecule has 0 aromatic heterocycles. The second-order valence-corrected chi connectivity index (χ2v) is 8.21. The van der Waals surface area contributed by atoms with E-state index in [2.05, 4.69) is 19.2 Å². The Bertz CT molecular complexity index is 302. The van der Waals surface area contributed by atoms with Crippen LogP contribution < -0.4 is 5.32 Å². The lowest BCUT2D eigenvalue weighted by Gasteiger charge is -2.18. The summed E-state index contributed by atoms with van der Waals surface area (Å²) in [5.41, 5.74) is 0. The SMILES string of the molecule is CCCCCCCC(CCCS(=O)(=O)CC)NCCC. The third kappa shape index (κ3) is 11.7. The molecule has 0 bridgehead atoms.